The Bertz CT molecular complexity index is 514. The van der Waals surface area contributed by atoms with E-state index >= 15 is 0 Å². The third kappa shape index (κ3) is 2.62. The highest BCUT2D eigenvalue weighted by Gasteiger charge is 2.33. The lowest BCUT2D eigenvalue weighted by Gasteiger charge is -2.31. The summed E-state index contributed by atoms with van der Waals surface area (Å²) >= 11 is 0. The van der Waals surface area contributed by atoms with Crippen molar-refractivity contribution in [1.82, 2.24) is 0 Å². The summed E-state index contributed by atoms with van der Waals surface area (Å²) < 4.78 is 10.1. The van der Waals surface area contributed by atoms with E-state index in [2.05, 4.69) is 0 Å². The van der Waals surface area contributed by atoms with Gasteiger partial charge in [-0.2, -0.15) is 0 Å². The number of carboxylic acids is 1. The van der Waals surface area contributed by atoms with Gasteiger partial charge in [0.25, 0.3) is 0 Å². The average molecular weight is 265 g/mol. The molecule has 1 fully saturated rings. The summed E-state index contributed by atoms with van der Waals surface area (Å²) in [6, 6.07) is 5.36. The molecule has 1 aliphatic rings. The highest BCUT2D eigenvalue weighted by molar-refractivity contribution is 5.92. The van der Waals surface area contributed by atoms with E-state index in [0.717, 1.165) is 5.56 Å². The number of carboxylic acid groups (broad SMARTS) is 1. The van der Waals surface area contributed by atoms with Crippen LogP contribution in [0.15, 0.2) is 18.2 Å². The molecule has 0 aliphatic carbocycles. The fraction of sp³-hybridized carbons (Fsp3) is 0.385. The van der Waals surface area contributed by atoms with Crippen LogP contribution in [0.1, 0.15) is 5.56 Å². The van der Waals surface area contributed by atoms with Crippen LogP contribution >= 0.6 is 0 Å². The number of benzene rings is 1. The molecule has 1 unspecified atom stereocenters. The van der Waals surface area contributed by atoms with Crippen molar-refractivity contribution in [1.29, 1.82) is 0 Å². The quantitative estimate of drug-likeness (QED) is 0.899. The van der Waals surface area contributed by atoms with Gasteiger partial charge in [0.05, 0.1) is 12.8 Å². The number of nitrogens with zero attached hydrogens (tertiary/aromatic N) is 1. The van der Waals surface area contributed by atoms with E-state index in [9.17, 15) is 9.59 Å². The number of aliphatic carboxylic acids is 1. The van der Waals surface area contributed by atoms with Crippen LogP contribution in [-0.2, 0) is 9.53 Å². The van der Waals surface area contributed by atoms with Crippen molar-refractivity contribution < 1.29 is 24.2 Å². The number of rotatable bonds is 3. The molecular weight excluding hydrogens is 250 g/mol. The second-order valence-corrected chi connectivity index (χ2v) is 4.40. The average Bonchev–Trinajstić information content (AvgIpc) is 2.39. The molecule has 0 bridgehead atoms. The highest BCUT2D eigenvalue weighted by Crippen LogP contribution is 2.31. The molecule has 0 saturated carbocycles. The monoisotopic (exact) mass is 265 g/mol. The molecule has 0 spiro atoms. The van der Waals surface area contributed by atoms with Gasteiger partial charge < -0.3 is 14.6 Å². The summed E-state index contributed by atoms with van der Waals surface area (Å²) in [4.78, 5) is 24.1. The van der Waals surface area contributed by atoms with Gasteiger partial charge in [0.15, 0.2) is 0 Å². The van der Waals surface area contributed by atoms with Gasteiger partial charge >= 0.3 is 12.1 Å². The molecule has 19 heavy (non-hydrogen) atoms. The number of methoxy groups -OCH3 is 1. The SMILES string of the molecule is COc1ccc(C)cc1N1CC(C(=O)O)COC1=O. The Labute approximate surface area is 110 Å². The van der Waals surface area contributed by atoms with Gasteiger partial charge in [-0.05, 0) is 24.6 Å². The number of carbonyl (C=O) groups excluding carboxylic acids is 1. The van der Waals surface area contributed by atoms with Crippen LogP contribution in [0.2, 0.25) is 0 Å². The summed E-state index contributed by atoms with van der Waals surface area (Å²) in [6.45, 7) is 1.86. The Balaban J connectivity index is 2.35. The first-order valence-corrected chi connectivity index (χ1v) is 5.84. The van der Waals surface area contributed by atoms with Crippen LogP contribution in [0.5, 0.6) is 5.75 Å². The number of aryl methyl sites for hydroxylation is 1. The molecule has 1 heterocycles. The molecule has 1 atom stereocenters. The molecule has 1 aliphatic heterocycles. The summed E-state index contributed by atoms with van der Waals surface area (Å²) in [6.07, 6.45) is -0.554. The van der Waals surface area contributed by atoms with Crippen LogP contribution in [0, 0.1) is 12.8 Å². The van der Waals surface area contributed by atoms with Crippen molar-refractivity contribution in [2.24, 2.45) is 5.92 Å². The number of ether oxygens (including phenoxy) is 2. The molecule has 1 amide bonds. The van der Waals surface area contributed by atoms with E-state index in [1.165, 1.54) is 12.0 Å². The fourth-order valence-electron chi connectivity index (χ4n) is 1.95. The predicted molar refractivity (Wildman–Crippen MR) is 67.6 cm³/mol. The summed E-state index contributed by atoms with van der Waals surface area (Å²) in [5, 5.41) is 9.02. The molecule has 102 valence electrons. The molecule has 1 N–H and O–H groups in total. The fourth-order valence-corrected chi connectivity index (χ4v) is 1.95. The molecular formula is C13H15NO5. The molecule has 2 rings (SSSR count). The lowest BCUT2D eigenvalue weighted by Crippen LogP contribution is -2.46. The maximum Gasteiger partial charge on any atom is 0.414 e. The zero-order valence-corrected chi connectivity index (χ0v) is 10.8. The molecule has 0 radical (unpaired) electrons. The Kier molecular flexibility index (Phi) is 3.59. The lowest BCUT2D eigenvalue weighted by atomic mass is 10.1. The third-order valence-electron chi connectivity index (χ3n) is 3.01. The van der Waals surface area contributed by atoms with E-state index in [1.807, 2.05) is 13.0 Å². The minimum absolute atomic E-state index is 0.0774. The third-order valence-corrected chi connectivity index (χ3v) is 3.01. The van der Waals surface area contributed by atoms with Crippen molar-refractivity contribution in [3.05, 3.63) is 23.8 Å². The van der Waals surface area contributed by atoms with Gasteiger partial charge in [-0.15, -0.1) is 0 Å². The second kappa shape index (κ2) is 5.17. The van der Waals surface area contributed by atoms with Gasteiger partial charge in [-0.25, -0.2) is 4.79 Å². The van der Waals surface area contributed by atoms with Gasteiger partial charge in [-0.3, -0.25) is 9.69 Å². The smallest absolute Gasteiger partial charge is 0.414 e. The highest BCUT2D eigenvalue weighted by atomic mass is 16.6. The van der Waals surface area contributed by atoms with Gasteiger partial charge in [0.2, 0.25) is 0 Å². The van der Waals surface area contributed by atoms with Crippen molar-refractivity contribution in [3.63, 3.8) is 0 Å². The minimum Gasteiger partial charge on any atom is -0.495 e. The lowest BCUT2D eigenvalue weighted by molar-refractivity contribution is -0.143. The van der Waals surface area contributed by atoms with E-state index in [0.29, 0.717) is 11.4 Å². The van der Waals surface area contributed by atoms with Crippen LogP contribution in [0.4, 0.5) is 10.5 Å². The Morgan fingerprint density at radius 2 is 2.26 bits per heavy atom. The van der Waals surface area contributed by atoms with Gasteiger partial charge in [0, 0.05) is 6.54 Å². The molecule has 1 aromatic rings. The molecule has 0 aromatic heterocycles. The Morgan fingerprint density at radius 1 is 1.53 bits per heavy atom. The minimum atomic E-state index is -0.982. The molecule has 1 aromatic carbocycles. The maximum absolute atomic E-state index is 11.8. The number of amides is 1. The van der Waals surface area contributed by atoms with E-state index in [1.54, 1.807) is 12.1 Å². The second-order valence-electron chi connectivity index (χ2n) is 4.40. The summed E-state index contributed by atoms with van der Waals surface area (Å²) in [5.41, 5.74) is 1.47. The van der Waals surface area contributed by atoms with E-state index in [-0.39, 0.29) is 13.2 Å². The largest absolute Gasteiger partial charge is 0.495 e. The number of carbonyl (C=O) groups is 2. The zero-order chi connectivity index (χ0) is 14.0. The molecule has 1 saturated heterocycles. The van der Waals surface area contributed by atoms with Crippen LogP contribution in [0.25, 0.3) is 0 Å². The first-order chi connectivity index (χ1) is 9.02. The first kappa shape index (κ1) is 13.2. The van der Waals surface area contributed by atoms with Crippen molar-refractivity contribution in [3.8, 4) is 5.75 Å². The standard InChI is InChI=1S/C13H15NO5/c1-8-3-4-11(18-2)10(5-8)14-6-9(12(15)16)7-19-13(14)17/h3-5,9H,6-7H2,1-2H3,(H,15,16). The maximum atomic E-state index is 11.8. The van der Waals surface area contributed by atoms with E-state index < -0.39 is 18.0 Å². The molecule has 6 heteroatoms. The predicted octanol–water partition coefficient (Wildman–Crippen LogP) is 1.66. The van der Waals surface area contributed by atoms with Gasteiger partial charge in [0.1, 0.15) is 18.3 Å². The zero-order valence-electron chi connectivity index (χ0n) is 10.8. The molecule has 6 nitrogen and oxygen atoms in total. The number of hydrogen-bond acceptors (Lipinski definition) is 4. The van der Waals surface area contributed by atoms with Crippen molar-refractivity contribution >= 4 is 17.7 Å². The van der Waals surface area contributed by atoms with Crippen LogP contribution in [0.3, 0.4) is 0 Å². The van der Waals surface area contributed by atoms with Crippen LogP contribution in [-0.4, -0.2) is 37.4 Å². The first-order valence-electron chi connectivity index (χ1n) is 5.84. The summed E-state index contributed by atoms with van der Waals surface area (Å²) in [5.74, 6) is -1.21. The normalized spacial score (nSPS) is 18.9. The number of hydrogen-bond donors (Lipinski definition) is 1. The Morgan fingerprint density at radius 3 is 2.89 bits per heavy atom. The topological polar surface area (TPSA) is 76.1 Å². The van der Waals surface area contributed by atoms with E-state index in [4.69, 9.17) is 14.6 Å². The Hall–Kier alpha value is -2.24. The van der Waals surface area contributed by atoms with Crippen molar-refractivity contribution in [2.75, 3.05) is 25.2 Å². The van der Waals surface area contributed by atoms with Gasteiger partial charge in [-0.1, -0.05) is 6.07 Å². The number of anilines is 1. The summed E-state index contributed by atoms with van der Waals surface area (Å²) in [7, 11) is 1.50. The van der Waals surface area contributed by atoms with Crippen molar-refractivity contribution in [2.45, 2.75) is 6.92 Å². The van der Waals surface area contributed by atoms with Crippen LogP contribution < -0.4 is 9.64 Å². The number of cyclic esters (lactones) is 1.